The Hall–Kier alpha value is -2.96. The van der Waals surface area contributed by atoms with Crippen LogP contribution in [-0.4, -0.2) is 25.7 Å². The molecule has 2 aromatic heterocycles. The number of carbonyl (C=O) groups is 1. The van der Waals surface area contributed by atoms with Crippen molar-refractivity contribution in [2.24, 2.45) is 13.0 Å². The van der Waals surface area contributed by atoms with Gasteiger partial charge in [-0.15, -0.1) is 0 Å². The molecular formula is C17H19N5O2. The molecule has 0 fully saturated rings. The second-order valence-electron chi connectivity index (χ2n) is 6.01. The molecule has 0 aliphatic rings. The first-order valence-corrected chi connectivity index (χ1v) is 7.75. The van der Waals surface area contributed by atoms with Gasteiger partial charge in [-0.1, -0.05) is 26.0 Å². The number of fused-ring (bicyclic) bond motifs is 1. The quantitative estimate of drug-likeness (QED) is 0.765. The predicted molar refractivity (Wildman–Crippen MR) is 90.6 cm³/mol. The van der Waals surface area contributed by atoms with Gasteiger partial charge in [0, 0.05) is 13.1 Å². The van der Waals surface area contributed by atoms with E-state index in [0.717, 1.165) is 15.7 Å². The highest BCUT2D eigenvalue weighted by Crippen LogP contribution is 2.22. The third kappa shape index (κ3) is 3.05. The fourth-order valence-corrected chi connectivity index (χ4v) is 2.51. The summed E-state index contributed by atoms with van der Waals surface area (Å²) < 4.78 is 1.14. The van der Waals surface area contributed by atoms with Crippen LogP contribution in [-0.2, 0) is 7.05 Å². The van der Waals surface area contributed by atoms with Gasteiger partial charge in [0.2, 0.25) is 0 Å². The second kappa shape index (κ2) is 6.27. The van der Waals surface area contributed by atoms with Crippen molar-refractivity contribution >= 4 is 16.9 Å². The van der Waals surface area contributed by atoms with E-state index in [1.165, 1.54) is 19.2 Å². The minimum Gasteiger partial charge on any atom is -0.340 e. The first kappa shape index (κ1) is 15.9. The number of rotatable bonds is 4. The second-order valence-corrected chi connectivity index (χ2v) is 6.01. The highest BCUT2D eigenvalue weighted by molar-refractivity contribution is 5.92. The molecule has 124 valence electrons. The van der Waals surface area contributed by atoms with Crippen LogP contribution in [0.2, 0.25) is 0 Å². The van der Waals surface area contributed by atoms with Crippen molar-refractivity contribution in [2.75, 3.05) is 0 Å². The molecule has 0 aliphatic carbocycles. The summed E-state index contributed by atoms with van der Waals surface area (Å²) >= 11 is 0. The minimum atomic E-state index is -0.343. The molecule has 2 heterocycles. The summed E-state index contributed by atoms with van der Waals surface area (Å²) in [5.41, 5.74) is 1.71. The Kier molecular flexibility index (Phi) is 4.16. The molecule has 0 saturated heterocycles. The maximum Gasteiger partial charge on any atom is 0.272 e. The first-order valence-electron chi connectivity index (χ1n) is 7.75. The number of H-pyrrole nitrogens is 1. The molecule has 0 saturated carbocycles. The van der Waals surface area contributed by atoms with E-state index in [4.69, 9.17) is 0 Å². The monoisotopic (exact) mass is 325 g/mol. The van der Waals surface area contributed by atoms with E-state index in [1.54, 1.807) is 0 Å². The number of nitrogens with one attached hydrogen (secondary N) is 2. The van der Waals surface area contributed by atoms with Crippen LogP contribution in [0.25, 0.3) is 11.0 Å². The predicted octanol–water partition coefficient (Wildman–Crippen LogP) is 1.78. The maximum atomic E-state index is 12.5. The summed E-state index contributed by atoms with van der Waals surface area (Å²) in [6, 6.07) is 10.2. The van der Waals surface area contributed by atoms with E-state index in [0.29, 0.717) is 5.82 Å². The first-order chi connectivity index (χ1) is 11.5. The number of nitrogens with zero attached hydrogens (tertiary/aromatic N) is 3. The number of carbonyl (C=O) groups excluding carboxylic acids is 1. The van der Waals surface area contributed by atoms with E-state index < -0.39 is 0 Å². The lowest BCUT2D eigenvalue weighted by molar-refractivity contribution is 0.0916. The van der Waals surface area contributed by atoms with Crippen LogP contribution in [0, 0.1) is 5.92 Å². The summed E-state index contributed by atoms with van der Waals surface area (Å²) in [5, 5.41) is 6.93. The highest BCUT2D eigenvalue weighted by Gasteiger charge is 2.23. The summed E-state index contributed by atoms with van der Waals surface area (Å²) in [5.74, 6) is 0.483. The van der Waals surface area contributed by atoms with E-state index in [1.807, 2.05) is 38.1 Å². The average Bonchev–Trinajstić information content (AvgIpc) is 2.98. The van der Waals surface area contributed by atoms with Crippen LogP contribution in [0.4, 0.5) is 0 Å². The van der Waals surface area contributed by atoms with Gasteiger partial charge in [-0.2, -0.15) is 5.10 Å². The number of benzene rings is 1. The third-order valence-corrected chi connectivity index (χ3v) is 3.85. The molecule has 7 heteroatoms. The van der Waals surface area contributed by atoms with Crippen molar-refractivity contribution in [1.82, 2.24) is 25.1 Å². The number of hydrogen-bond acceptors (Lipinski definition) is 4. The van der Waals surface area contributed by atoms with Crippen LogP contribution >= 0.6 is 0 Å². The third-order valence-electron chi connectivity index (χ3n) is 3.85. The minimum absolute atomic E-state index is 0.127. The summed E-state index contributed by atoms with van der Waals surface area (Å²) in [7, 11) is 1.51. The van der Waals surface area contributed by atoms with Gasteiger partial charge in [0.25, 0.3) is 11.5 Å². The van der Waals surface area contributed by atoms with E-state index in [2.05, 4.69) is 20.4 Å². The van der Waals surface area contributed by atoms with E-state index >= 15 is 0 Å². The Morgan fingerprint density at radius 3 is 2.62 bits per heavy atom. The Labute approximate surface area is 138 Å². The average molecular weight is 325 g/mol. The lowest BCUT2D eigenvalue weighted by Gasteiger charge is -2.20. The largest absolute Gasteiger partial charge is 0.340 e. The van der Waals surface area contributed by atoms with Crippen molar-refractivity contribution in [3.63, 3.8) is 0 Å². The smallest absolute Gasteiger partial charge is 0.272 e. The number of amides is 1. The Morgan fingerprint density at radius 2 is 1.96 bits per heavy atom. The van der Waals surface area contributed by atoms with Gasteiger partial charge in [-0.05, 0) is 24.1 Å². The van der Waals surface area contributed by atoms with Crippen molar-refractivity contribution in [3.05, 3.63) is 58.3 Å². The lowest BCUT2D eigenvalue weighted by Crippen LogP contribution is -2.34. The highest BCUT2D eigenvalue weighted by atomic mass is 16.2. The van der Waals surface area contributed by atoms with Crippen LogP contribution in [0.15, 0.2) is 41.2 Å². The van der Waals surface area contributed by atoms with Crippen LogP contribution in [0.5, 0.6) is 0 Å². The molecule has 0 bridgehead atoms. The van der Waals surface area contributed by atoms with Crippen LogP contribution in [0.3, 0.4) is 0 Å². The molecule has 0 spiro atoms. The molecule has 1 aromatic carbocycles. The summed E-state index contributed by atoms with van der Waals surface area (Å²) in [4.78, 5) is 31.7. The number of hydrogen-bond donors (Lipinski definition) is 2. The van der Waals surface area contributed by atoms with E-state index in [9.17, 15) is 9.59 Å². The van der Waals surface area contributed by atoms with Crippen LogP contribution in [0.1, 0.15) is 36.2 Å². The van der Waals surface area contributed by atoms with Crippen molar-refractivity contribution < 1.29 is 4.79 Å². The summed E-state index contributed by atoms with van der Waals surface area (Å²) in [6.45, 7) is 4.01. The van der Waals surface area contributed by atoms with Gasteiger partial charge >= 0.3 is 0 Å². The normalized spacial score (nSPS) is 12.5. The number of aryl methyl sites for hydroxylation is 1. The van der Waals surface area contributed by atoms with E-state index in [-0.39, 0.29) is 29.1 Å². The Balaban J connectivity index is 1.89. The van der Waals surface area contributed by atoms with Gasteiger partial charge < -0.3 is 10.3 Å². The number of aromatic nitrogens is 4. The molecular weight excluding hydrogens is 306 g/mol. The lowest BCUT2D eigenvalue weighted by atomic mass is 10.0. The zero-order chi connectivity index (χ0) is 17.3. The zero-order valence-corrected chi connectivity index (χ0v) is 13.8. The molecule has 0 unspecified atom stereocenters. The molecule has 1 amide bonds. The molecule has 3 rings (SSSR count). The molecule has 7 nitrogen and oxygen atoms in total. The number of aromatic amines is 1. The maximum absolute atomic E-state index is 12.5. The summed E-state index contributed by atoms with van der Waals surface area (Å²) in [6.07, 6.45) is 0. The van der Waals surface area contributed by atoms with Gasteiger partial charge in [0.05, 0.1) is 17.1 Å². The van der Waals surface area contributed by atoms with Crippen molar-refractivity contribution in [2.45, 2.75) is 19.9 Å². The molecule has 24 heavy (non-hydrogen) atoms. The fraction of sp³-hybridized carbons (Fsp3) is 0.294. The zero-order valence-electron chi connectivity index (χ0n) is 13.8. The Bertz CT molecular complexity index is 908. The number of imidazole rings is 1. The van der Waals surface area contributed by atoms with Crippen LogP contribution < -0.4 is 10.9 Å². The van der Waals surface area contributed by atoms with Gasteiger partial charge in [0.15, 0.2) is 0 Å². The fourth-order valence-electron chi connectivity index (χ4n) is 2.51. The van der Waals surface area contributed by atoms with Gasteiger partial charge in [-0.25, -0.2) is 9.67 Å². The Morgan fingerprint density at radius 1 is 1.21 bits per heavy atom. The number of para-hydroxylation sites is 2. The van der Waals surface area contributed by atoms with Gasteiger partial charge in [-0.3, -0.25) is 9.59 Å². The molecule has 0 radical (unpaired) electrons. The van der Waals surface area contributed by atoms with Crippen molar-refractivity contribution in [1.29, 1.82) is 0 Å². The molecule has 3 aromatic rings. The molecule has 2 N–H and O–H groups in total. The SMILES string of the molecule is CC(C)[C@H](NC(=O)c1ccc(=O)n(C)n1)c1nc2ccccc2[nH]1. The molecule has 0 aliphatic heterocycles. The molecule has 1 atom stereocenters. The van der Waals surface area contributed by atoms with Crippen molar-refractivity contribution in [3.8, 4) is 0 Å². The standard InChI is InChI=1S/C17H19N5O2/c1-10(2)15(16-18-11-6-4-5-7-12(11)19-16)20-17(24)13-8-9-14(23)22(3)21-13/h4-10,15H,1-3H3,(H,18,19)(H,20,24)/t15-/m0/s1. The topological polar surface area (TPSA) is 92.7 Å². The van der Waals surface area contributed by atoms with Gasteiger partial charge in [0.1, 0.15) is 11.5 Å².